The SMILES string of the molecule is CCC(NC(C)c1cc(C)sc1C)c1cccs1. The van der Waals surface area contributed by atoms with Gasteiger partial charge in [0.15, 0.2) is 0 Å². The summed E-state index contributed by atoms with van der Waals surface area (Å²) in [5.41, 5.74) is 1.45. The van der Waals surface area contributed by atoms with Gasteiger partial charge in [-0.1, -0.05) is 13.0 Å². The standard InChI is InChI=1S/C15H21NS2/c1-5-14(15-7-6-8-17-15)16-11(3)13-9-10(2)18-12(13)4/h6-9,11,14,16H,5H2,1-4H3. The number of hydrogen-bond acceptors (Lipinski definition) is 3. The van der Waals surface area contributed by atoms with Gasteiger partial charge in [0.2, 0.25) is 0 Å². The van der Waals surface area contributed by atoms with E-state index in [1.54, 1.807) is 0 Å². The lowest BCUT2D eigenvalue weighted by Crippen LogP contribution is -2.23. The van der Waals surface area contributed by atoms with Crippen molar-refractivity contribution < 1.29 is 0 Å². The molecule has 3 heteroatoms. The highest BCUT2D eigenvalue weighted by molar-refractivity contribution is 7.12. The lowest BCUT2D eigenvalue weighted by Gasteiger charge is -2.21. The maximum absolute atomic E-state index is 3.76. The van der Waals surface area contributed by atoms with Crippen LogP contribution in [0.3, 0.4) is 0 Å². The van der Waals surface area contributed by atoms with E-state index < -0.39 is 0 Å². The van der Waals surface area contributed by atoms with Crippen molar-refractivity contribution >= 4 is 22.7 Å². The van der Waals surface area contributed by atoms with E-state index in [1.165, 1.54) is 20.2 Å². The van der Waals surface area contributed by atoms with Crippen LogP contribution in [0.1, 0.15) is 52.5 Å². The molecular weight excluding hydrogens is 258 g/mol. The monoisotopic (exact) mass is 279 g/mol. The molecular formula is C15H21NS2. The van der Waals surface area contributed by atoms with E-state index in [-0.39, 0.29) is 0 Å². The molecule has 1 N–H and O–H groups in total. The van der Waals surface area contributed by atoms with E-state index in [0.29, 0.717) is 12.1 Å². The Morgan fingerprint density at radius 2 is 2.11 bits per heavy atom. The molecule has 0 saturated carbocycles. The highest BCUT2D eigenvalue weighted by atomic mass is 32.1. The predicted molar refractivity (Wildman–Crippen MR) is 82.7 cm³/mol. The summed E-state index contributed by atoms with van der Waals surface area (Å²) < 4.78 is 0. The number of aryl methyl sites for hydroxylation is 2. The first-order valence-corrected chi connectivity index (χ1v) is 8.17. The minimum Gasteiger partial charge on any atom is -0.303 e. The van der Waals surface area contributed by atoms with Crippen LogP contribution in [-0.2, 0) is 0 Å². The van der Waals surface area contributed by atoms with Crippen LogP contribution >= 0.6 is 22.7 Å². The van der Waals surface area contributed by atoms with Gasteiger partial charge in [-0.3, -0.25) is 0 Å². The molecule has 2 unspecified atom stereocenters. The van der Waals surface area contributed by atoms with Crippen molar-refractivity contribution in [2.45, 2.75) is 46.2 Å². The first kappa shape index (κ1) is 13.8. The minimum atomic E-state index is 0.419. The van der Waals surface area contributed by atoms with E-state index in [2.05, 4.69) is 56.6 Å². The summed E-state index contributed by atoms with van der Waals surface area (Å²) in [6, 6.07) is 7.57. The Morgan fingerprint density at radius 1 is 1.33 bits per heavy atom. The lowest BCUT2D eigenvalue weighted by atomic mass is 10.1. The Balaban J connectivity index is 2.10. The zero-order valence-electron chi connectivity index (χ0n) is 11.5. The molecule has 0 aromatic carbocycles. The topological polar surface area (TPSA) is 12.0 Å². The van der Waals surface area contributed by atoms with E-state index >= 15 is 0 Å². The summed E-state index contributed by atoms with van der Waals surface area (Å²) in [5, 5.41) is 5.91. The molecule has 0 aliphatic rings. The zero-order chi connectivity index (χ0) is 13.1. The maximum Gasteiger partial charge on any atom is 0.0416 e. The molecule has 0 spiro atoms. The fraction of sp³-hybridized carbons (Fsp3) is 0.467. The van der Waals surface area contributed by atoms with Gasteiger partial charge in [-0.25, -0.2) is 0 Å². The van der Waals surface area contributed by atoms with Crippen molar-refractivity contribution in [3.8, 4) is 0 Å². The Hall–Kier alpha value is -0.640. The van der Waals surface area contributed by atoms with Gasteiger partial charge in [-0.2, -0.15) is 0 Å². The molecule has 0 saturated heterocycles. The molecule has 0 aliphatic carbocycles. The molecule has 0 bridgehead atoms. The van der Waals surface area contributed by atoms with Gasteiger partial charge < -0.3 is 5.32 Å². The van der Waals surface area contributed by atoms with Crippen LogP contribution in [-0.4, -0.2) is 0 Å². The third kappa shape index (κ3) is 3.02. The van der Waals surface area contributed by atoms with Crippen LogP contribution in [0.4, 0.5) is 0 Å². The van der Waals surface area contributed by atoms with E-state index in [4.69, 9.17) is 0 Å². The molecule has 0 aliphatic heterocycles. The van der Waals surface area contributed by atoms with Crippen molar-refractivity contribution in [2.75, 3.05) is 0 Å². The van der Waals surface area contributed by atoms with Crippen LogP contribution in [0, 0.1) is 13.8 Å². The van der Waals surface area contributed by atoms with Gasteiger partial charge in [-0.15, -0.1) is 22.7 Å². The van der Waals surface area contributed by atoms with E-state index in [1.807, 2.05) is 22.7 Å². The Labute approximate surface area is 118 Å². The largest absolute Gasteiger partial charge is 0.303 e. The summed E-state index contributed by atoms with van der Waals surface area (Å²) in [7, 11) is 0. The third-order valence-corrected chi connectivity index (χ3v) is 5.26. The Kier molecular flexibility index (Phi) is 4.60. The molecule has 2 aromatic heterocycles. The van der Waals surface area contributed by atoms with Crippen molar-refractivity contribution in [3.05, 3.63) is 43.8 Å². The molecule has 2 atom stereocenters. The normalized spacial score (nSPS) is 14.7. The van der Waals surface area contributed by atoms with Gasteiger partial charge in [-0.05, 0) is 50.3 Å². The smallest absolute Gasteiger partial charge is 0.0416 e. The average molecular weight is 279 g/mol. The van der Waals surface area contributed by atoms with Crippen molar-refractivity contribution in [1.82, 2.24) is 5.32 Å². The maximum atomic E-state index is 3.76. The van der Waals surface area contributed by atoms with Crippen LogP contribution in [0.15, 0.2) is 23.6 Å². The first-order chi connectivity index (χ1) is 8.61. The molecule has 2 heterocycles. The number of nitrogens with one attached hydrogen (secondary N) is 1. The van der Waals surface area contributed by atoms with Gasteiger partial charge in [0, 0.05) is 26.7 Å². The van der Waals surface area contributed by atoms with Gasteiger partial charge in [0.05, 0.1) is 0 Å². The van der Waals surface area contributed by atoms with Gasteiger partial charge in [0.1, 0.15) is 0 Å². The molecule has 0 radical (unpaired) electrons. The van der Waals surface area contributed by atoms with Gasteiger partial charge >= 0.3 is 0 Å². The average Bonchev–Trinajstić information content (AvgIpc) is 2.95. The quantitative estimate of drug-likeness (QED) is 0.790. The van der Waals surface area contributed by atoms with Crippen LogP contribution in [0.5, 0.6) is 0 Å². The fourth-order valence-electron chi connectivity index (χ4n) is 2.36. The van der Waals surface area contributed by atoms with Crippen molar-refractivity contribution in [3.63, 3.8) is 0 Å². The highest BCUT2D eigenvalue weighted by Crippen LogP contribution is 2.30. The molecule has 2 rings (SSSR count). The number of hydrogen-bond donors (Lipinski definition) is 1. The first-order valence-electron chi connectivity index (χ1n) is 6.48. The zero-order valence-corrected chi connectivity index (χ0v) is 13.1. The molecule has 0 amide bonds. The molecule has 1 nitrogen and oxygen atoms in total. The second-order valence-corrected chi connectivity index (χ2v) is 7.17. The predicted octanol–water partition coefficient (Wildman–Crippen LogP) is 5.23. The van der Waals surface area contributed by atoms with Gasteiger partial charge in [0.25, 0.3) is 0 Å². The number of rotatable bonds is 5. The Bertz CT molecular complexity index is 485. The fourth-order valence-corrected chi connectivity index (χ4v) is 4.26. The van der Waals surface area contributed by atoms with Crippen LogP contribution in [0.2, 0.25) is 0 Å². The summed E-state index contributed by atoms with van der Waals surface area (Å²) in [6.07, 6.45) is 1.13. The van der Waals surface area contributed by atoms with Crippen LogP contribution < -0.4 is 5.32 Å². The number of thiophene rings is 2. The summed E-state index contributed by atoms with van der Waals surface area (Å²) >= 11 is 3.73. The van der Waals surface area contributed by atoms with E-state index in [0.717, 1.165) is 6.42 Å². The third-order valence-electron chi connectivity index (χ3n) is 3.29. The lowest BCUT2D eigenvalue weighted by molar-refractivity contribution is 0.461. The Morgan fingerprint density at radius 3 is 2.61 bits per heavy atom. The molecule has 98 valence electrons. The molecule has 0 fully saturated rings. The minimum absolute atomic E-state index is 0.419. The van der Waals surface area contributed by atoms with Crippen molar-refractivity contribution in [1.29, 1.82) is 0 Å². The second-order valence-electron chi connectivity index (χ2n) is 4.73. The molecule has 18 heavy (non-hydrogen) atoms. The summed E-state index contributed by atoms with van der Waals surface area (Å²) in [4.78, 5) is 4.28. The second kappa shape index (κ2) is 6.00. The van der Waals surface area contributed by atoms with Crippen molar-refractivity contribution in [2.24, 2.45) is 0 Å². The summed E-state index contributed by atoms with van der Waals surface area (Å²) in [6.45, 7) is 8.92. The molecule has 2 aromatic rings. The van der Waals surface area contributed by atoms with Crippen LogP contribution in [0.25, 0.3) is 0 Å². The van der Waals surface area contributed by atoms with E-state index in [9.17, 15) is 0 Å². The summed E-state index contributed by atoms with van der Waals surface area (Å²) in [5.74, 6) is 0. The highest BCUT2D eigenvalue weighted by Gasteiger charge is 2.16.